The van der Waals surface area contributed by atoms with Crippen LogP contribution in [0.25, 0.3) is 11.0 Å². The molecule has 0 aliphatic heterocycles. The molecule has 1 N–H and O–H groups in total. The topological polar surface area (TPSA) is 68.9 Å². The van der Waals surface area contributed by atoms with Gasteiger partial charge in [-0.15, -0.1) is 0 Å². The van der Waals surface area contributed by atoms with Gasteiger partial charge in [0.1, 0.15) is 17.1 Å². The summed E-state index contributed by atoms with van der Waals surface area (Å²) in [5.41, 5.74) is 1.81. The molecule has 0 amide bonds. The van der Waals surface area contributed by atoms with Crippen LogP contribution in [-0.2, 0) is 11.2 Å². The first-order valence-corrected chi connectivity index (χ1v) is 8.54. The molecular weight excluding hydrogens is 332 g/mol. The van der Waals surface area contributed by atoms with Gasteiger partial charge >= 0.3 is 0 Å². The second-order valence-electron chi connectivity index (χ2n) is 6.04. The van der Waals surface area contributed by atoms with Crippen molar-refractivity contribution in [2.45, 2.75) is 25.6 Å². The third kappa shape index (κ3) is 3.79. The van der Waals surface area contributed by atoms with Crippen LogP contribution < -0.4 is 4.74 Å². The lowest BCUT2D eigenvalue weighted by Crippen LogP contribution is -2.09. The van der Waals surface area contributed by atoms with E-state index >= 15 is 0 Å². The Morgan fingerprint density at radius 3 is 2.62 bits per heavy atom. The Kier molecular flexibility index (Phi) is 5.71. The molecule has 3 rings (SSSR count). The fourth-order valence-electron chi connectivity index (χ4n) is 2.97. The van der Waals surface area contributed by atoms with E-state index in [1.807, 2.05) is 30.3 Å². The summed E-state index contributed by atoms with van der Waals surface area (Å²) >= 11 is 0. The number of hydrogen-bond acceptors (Lipinski definition) is 5. The van der Waals surface area contributed by atoms with Crippen LogP contribution in [0.3, 0.4) is 0 Å². The van der Waals surface area contributed by atoms with E-state index < -0.39 is 6.29 Å². The second kappa shape index (κ2) is 8.17. The minimum absolute atomic E-state index is 0.0834. The zero-order valence-corrected chi connectivity index (χ0v) is 14.9. The fraction of sp³-hybridized carbons (Fsp3) is 0.286. The number of hydrogen-bond donors (Lipinski definition) is 1. The van der Waals surface area contributed by atoms with Crippen molar-refractivity contribution in [3.8, 4) is 5.75 Å². The highest BCUT2D eigenvalue weighted by atomic mass is 16.6. The number of aliphatic hydroxyl groups excluding tert-OH is 1. The molecule has 0 aliphatic rings. The summed E-state index contributed by atoms with van der Waals surface area (Å²) in [6, 6.07) is 14.6. The van der Waals surface area contributed by atoms with Gasteiger partial charge in [0.25, 0.3) is 0 Å². The van der Waals surface area contributed by atoms with Crippen molar-refractivity contribution in [3.63, 3.8) is 0 Å². The number of carbonyl (C=O) groups excluding carboxylic acids is 1. The minimum Gasteiger partial charge on any atom is -0.497 e. The van der Waals surface area contributed by atoms with E-state index in [0.29, 0.717) is 47.5 Å². The molecule has 0 aliphatic carbocycles. The van der Waals surface area contributed by atoms with Crippen LogP contribution in [0.15, 0.2) is 52.9 Å². The molecule has 0 fully saturated rings. The van der Waals surface area contributed by atoms with Crippen molar-refractivity contribution in [3.05, 3.63) is 65.4 Å². The van der Waals surface area contributed by atoms with Crippen LogP contribution in [0.1, 0.15) is 34.5 Å². The third-order valence-electron chi connectivity index (χ3n) is 4.36. The molecule has 3 aromatic rings. The molecule has 1 atom stereocenters. The maximum absolute atomic E-state index is 13.1. The Morgan fingerprint density at radius 2 is 1.92 bits per heavy atom. The standard InChI is InChI=1S/C21H22O5/c1-24-15-11-12-17-16(13-15)20(21(23)14-7-4-3-5-8-14)18(26-17)9-6-10-19(22)25-2/h3-5,7-8,11-13,19,22H,6,9-10H2,1-2H3. The summed E-state index contributed by atoms with van der Waals surface area (Å²) in [6.07, 6.45) is 0.829. The Morgan fingerprint density at radius 1 is 1.15 bits per heavy atom. The third-order valence-corrected chi connectivity index (χ3v) is 4.36. The Hall–Kier alpha value is -2.63. The van der Waals surface area contributed by atoms with Crippen molar-refractivity contribution in [2.75, 3.05) is 14.2 Å². The number of aliphatic hydroxyl groups is 1. The molecule has 26 heavy (non-hydrogen) atoms. The lowest BCUT2D eigenvalue weighted by molar-refractivity contribution is -0.0790. The van der Waals surface area contributed by atoms with E-state index in [2.05, 4.69) is 0 Å². The number of benzene rings is 2. The average Bonchev–Trinajstić information content (AvgIpc) is 3.05. The number of methoxy groups -OCH3 is 2. The summed E-state index contributed by atoms with van der Waals surface area (Å²) in [7, 11) is 3.05. The molecule has 0 saturated heterocycles. The van der Waals surface area contributed by atoms with Gasteiger partial charge in [-0.2, -0.15) is 0 Å². The SMILES string of the molecule is COc1ccc2oc(CCCC(O)OC)c(C(=O)c3ccccc3)c2c1. The zero-order valence-electron chi connectivity index (χ0n) is 14.9. The van der Waals surface area contributed by atoms with Crippen LogP contribution in [0.5, 0.6) is 5.75 Å². The largest absolute Gasteiger partial charge is 0.497 e. The summed E-state index contributed by atoms with van der Waals surface area (Å²) < 4.78 is 16.1. The molecule has 1 heterocycles. The molecule has 0 radical (unpaired) electrons. The molecule has 2 aromatic carbocycles. The highest BCUT2D eigenvalue weighted by Gasteiger charge is 2.22. The van der Waals surface area contributed by atoms with Crippen molar-refractivity contribution < 1.29 is 23.8 Å². The number of ether oxygens (including phenoxy) is 2. The highest BCUT2D eigenvalue weighted by molar-refractivity contribution is 6.17. The van der Waals surface area contributed by atoms with E-state index in [1.165, 1.54) is 7.11 Å². The first-order chi connectivity index (χ1) is 12.6. The molecule has 5 heteroatoms. The van der Waals surface area contributed by atoms with E-state index in [-0.39, 0.29) is 5.78 Å². The fourth-order valence-corrected chi connectivity index (χ4v) is 2.97. The Bertz CT molecular complexity index is 882. The van der Waals surface area contributed by atoms with Crippen LogP contribution in [0.2, 0.25) is 0 Å². The normalized spacial score (nSPS) is 12.3. The number of carbonyl (C=O) groups is 1. The van der Waals surface area contributed by atoms with Gasteiger partial charge in [0.2, 0.25) is 0 Å². The van der Waals surface area contributed by atoms with Gasteiger partial charge in [-0.25, -0.2) is 0 Å². The zero-order chi connectivity index (χ0) is 18.5. The van der Waals surface area contributed by atoms with E-state index in [4.69, 9.17) is 13.9 Å². The summed E-state index contributed by atoms with van der Waals surface area (Å²) in [4.78, 5) is 13.1. The predicted molar refractivity (Wildman–Crippen MR) is 98.6 cm³/mol. The molecule has 136 valence electrons. The van der Waals surface area contributed by atoms with Gasteiger partial charge in [-0.05, 0) is 31.0 Å². The summed E-state index contributed by atoms with van der Waals surface area (Å²) in [5, 5.41) is 10.3. The molecule has 1 aromatic heterocycles. The molecule has 0 saturated carbocycles. The highest BCUT2D eigenvalue weighted by Crippen LogP contribution is 2.32. The van der Waals surface area contributed by atoms with Crippen LogP contribution in [-0.4, -0.2) is 31.4 Å². The van der Waals surface area contributed by atoms with Gasteiger partial charge in [-0.1, -0.05) is 30.3 Å². The van der Waals surface area contributed by atoms with Gasteiger partial charge in [0.05, 0.1) is 12.7 Å². The van der Waals surface area contributed by atoms with Gasteiger partial charge in [0, 0.05) is 24.5 Å². The van der Waals surface area contributed by atoms with Crippen LogP contribution in [0.4, 0.5) is 0 Å². The van der Waals surface area contributed by atoms with Crippen molar-refractivity contribution in [1.29, 1.82) is 0 Å². The van der Waals surface area contributed by atoms with Crippen molar-refractivity contribution in [1.82, 2.24) is 0 Å². The number of rotatable bonds is 8. The molecular formula is C21H22O5. The number of ketones is 1. The number of aryl methyl sites for hydroxylation is 1. The van der Waals surface area contributed by atoms with Crippen molar-refractivity contribution >= 4 is 16.8 Å². The first kappa shape index (κ1) is 18.2. The monoisotopic (exact) mass is 354 g/mol. The maximum atomic E-state index is 13.1. The minimum atomic E-state index is -0.812. The Balaban J connectivity index is 2.01. The summed E-state index contributed by atoms with van der Waals surface area (Å²) in [6.45, 7) is 0. The van der Waals surface area contributed by atoms with Gasteiger partial charge in [-0.3, -0.25) is 4.79 Å². The molecule has 0 bridgehead atoms. The van der Waals surface area contributed by atoms with Crippen LogP contribution in [0, 0.1) is 0 Å². The van der Waals surface area contributed by atoms with E-state index in [1.54, 1.807) is 25.3 Å². The van der Waals surface area contributed by atoms with Gasteiger partial charge < -0.3 is 19.0 Å². The maximum Gasteiger partial charge on any atom is 0.197 e. The average molecular weight is 354 g/mol. The lowest BCUT2D eigenvalue weighted by Gasteiger charge is -2.07. The van der Waals surface area contributed by atoms with E-state index in [9.17, 15) is 9.90 Å². The number of furan rings is 1. The lowest BCUT2D eigenvalue weighted by atomic mass is 9.98. The molecule has 0 spiro atoms. The number of fused-ring (bicyclic) bond motifs is 1. The first-order valence-electron chi connectivity index (χ1n) is 8.54. The second-order valence-corrected chi connectivity index (χ2v) is 6.04. The quantitative estimate of drug-likeness (QED) is 0.490. The van der Waals surface area contributed by atoms with Crippen molar-refractivity contribution in [2.24, 2.45) is 0 Å². The summed E-state index contributed by atoms with van der Waals surface area (Å²) in [5.74, 6) is 1.20. The smallest absolute Gasteiger partial charge is 0.197 e. The van der Waals surface area contributed by atoms with Crippen LogP contribution >= 0.6 is 0 Å². The predicted octanol–water partition coefficient (Wildman–Crippen LogP) is 3.96. The Labute approximate surface area is 152 Å². The van der Waals surface area contributed by atoms with E-state index in [0.717, 1.165) is 5.39 Å². The van der Waals surface area contributed by atoms with Gasteiger partial charge in [0.15, 0.2) is 12.1 Å². The molecule has 5 nitrogen and oxygen atoms in total. The molecule has 1 unspecified atom stereocenters.